The number of hydrogen-bond donors (Lipinski definition) is 1. The zero-order chi connectivity index (χ0) is 23.6. The van der Waals surface area contributed by atoms with E-state index in [9.17, 15) is 22.4 Å². The minimum absolute atomic E-state index is 0.0478. The molecule has 3 amide bonds. The maximum atomic E-state index is 14.0. The number of nitrogens with one attached hydrogen (secondary N) is 1. The number of hydrogen-bond acceptors (Lipinski definition) is 7. The number of amides is 3. The maximum absolute atomic E-state index is 14.0. The van der Waals surface area contributed by atoms with Crippen molar-refractivity contribution < 1.29 is 27.1 Å². The highest BCUT2D eigenvalue weighted by Crippen LogP contribution is 2.31. The molecule has 4 rings (SSSR count). The van der Waals surface area contributed by atoms with Crippen molar-refractivity contribution in [3.05, 3.63) is 47.5 Å². The molecule has 0 bridgehead atoms. The fourth-order valence-electron chi connectivity index (χ4n) is 3.51. The summed E-state index contributed by atoms with van der Waals surface area (Å²) in [4.78, 5) is 32.5. The number of nitrogens with zero attached hydrogens (tertiary/aromatic N) is 3. The van der Waals surface area contributed by atoms with E-state index in [1.165, 1.54) is 12.3 Å². The molecule has 0 unspecified atom stereocenters. The number of ether oxygens (including phenoxy) is 1. The van der Waals surface area contributed by atoms with E-state index in [0.29, 0.717) is 23.8 Å². The summed E-state index contributed by atoms with van der Waals surface area (Å²) in [5.74, 6) is -0.830. The van der Waals surface area contributed by atoms with Crippen LogP contribution in [0, 0.1) is 11.7 Å². The van der Waals surface area contributed by atoms with Crippen molar-refractivity contribution in [1.29, 1.82) is 0 Å². The highest BCUT2D eigenvalue weighted by atomic mass is 32.2. The van der Waals surface area contributed by atoms with Gasteiger partial charge in [0.1, 0.15) is 6.54 Å². The molecule has 2 aliphatic rings. The molecule has 33 heavy (non-hydrogen) atoms. The molecule has 2 heterocycles. The number of carbonyl (C=O) groups excluding carboxylic acids is 2. The summed E-state index contributed by atoms with van der Waals surface area (Å²) < 4.78 is 45.1. The number of halogens is 1. The molecule has 0 spiro atoms. The van der Waals surface area contributed by atoms with E-state index < -0.39 is 27.6 Å². The van der Waals surface area contributed by atoms with E-state index >= 15 is 0 Å². The first kappa shape index (κ1) is 23.1. The molecular weight excluding hydrogens is 451 g/mol. The van der Waals surface area contributed by atoms with Crippen LogP contribution in [-0.4, -0.2) is 55.0 Å². The Kier molecular flexibility index (Phi) is 6.59. The average molecular weight is 477 g/mol. The van der Waals surface area contributed by atoms with Crippen molar-refractivity contribution in [1.82, 2.24) is 15.3 Å². The second-order valence-corrected chi connectivity index (χ2v) is 10.7. The third kappa shape index (κ3) is 6.04. The fourth-order valence-corrected chi connectivity index (χ4v) is 5.15. The smallest absolute Gasteiger partial charge is 0.331 e. The molecule has 1 saturated heterocycles. The molecule has 2 fully saturated rings. The molecule has 1 saturated carbocycles. The Morgan fingerprint density at radius 1 is 1.27 bits per heavy atom. The summed E-state index contributed by atoms with van der Waals surface area (Å²) in [6.07, 6.45) is 3.73. The first-order valence-corrected chi connectivity index (χ1v) is 12.6. The van der Waals surface area contributed by atoms with E-state index in [-0.39, 0.29) is 42.1 Å². The lowest BCUT2D eigenvalue weighted by Crippen LogP contribution is -2.29. The summed E-state index contributed by atoms with van der Waals surface area (Å²) >= 11 is 0. The first-order chi connectivity index (χ1) is 15.7. The molecule has 176 valence electrons. The summed E-state index contributed by atoms with van der Waals surface area (Å²) in [6.45, 7) is 2.07. The van der Waals surface area contributed by atoms with Gasteiger partial charge < -0.3 is 4.74 Å². The molecule has 1 aromatic carbocycles. The van der Waals surface area contributed by atoms with Gasteiger partial charge in [0, 0.05) is 18.3 Å². The lowest BCUT2D eigenvalue weighted by molar-refractivity contribution is -0.117. The van der Waals surface area contributed by atoms with Crippen LogP contribution in [0.1, 0.15) is 36.9 Å². The van der Waals surface area contributed by atoms with E-state index in [4.69, 9.17) is 4.74 Å². The Morgan fingerprint density at radius 3 is 2.76 bits per heavy atom. The van der Waals surface area contributed by atoms with Crippen molar-refractivity contribution in [2.75, 3.05) is 29.6 Å². The van der Waals surface area contributed by atoms with Crippen LogP contribution in [0.15, 0.2) is 30.5 Å². The molecular formula is C22H25FN4O5S. The van der Waals surface area contributed by atoms with E-state index in [1.54, 1.807) is 25.1 Å². The molecule has 9 nitrogen and oxygen atoms in total. The Hall–Kier alpha value is -3.08. The number of carbonyl (C=O) groups is 2. The fraction of sp³-hybridized carbons (Fsp3) is 0.455. The molecule has 1 N–H and O–H groups in total. The molecule has 0 radical (unpaired) electrons. The van der Waals surface area contributed by atoms with Crippen LogP contribution in [0.2, 0.25) is 0 Å². The van der Waals surface area contributed by atoms with Crippen LogP contribution >= 0.6 is 0 Å². The summed E-state index contributed by atoms with van der Waals surface area (Å²) in [6, 6.07) is 5.43. The quantitative estimate of drug-likeness (QED) is 0.522. The zero-order valence-corrected chi connectivity index (χ0v) is 19.0. The van der Waals surface area contributed by atoms with Crippen LogP contribution in [-0.2, 0) is 21.1 Å². The second-order valence-electron chi connectivity index (χ2n) is 8.50. The van der Waals surface area contributed by atoms with Crippen molar-refractivity contribution in [2.45, 2.75) is 32.1 Å². The third-order valence-electron chi connectivity index (χ3n) is 5.60. The van der Waals surface area contributed by atoms with Gasteiger partial charge in [0.25, 0.3) is 0 Å². The molecule has 1 atom stereocenters. The SMILES string of the molecule is C[C@@H](CS(=O)(=O)CCc1ccnc(N2CC(=O)NC2=O)n1)c1ccc(F)c(OCC2CC2)c1. The van der Waals surface area contributed by atoms with Gasteiger partial charge in [0.15, 0.2) is 21.4 Å². The van der Waals surface area contributed by atoms with Crippen LogP contribution in [0.4, 0.5) is 15.1 Å². The first-order valence-electron chi connectivity index (χ1n) is 10.8. The number of rotatable bonds is 10. The van der Waals surface area contributed by atoms with Gasteiger partial charge in [-0.15, -0.1) is 0 Å². The van der Waals surface area contributed by atoms with E-state index in [1.807, 2.05) is 0 Å². The van der Waals surface area contributed by atoms with Crippen LogP contribution in [0.5, 0.6) is 5.75 Å². The van der Waals surface area contributed by atoms with Crippen LogP contribution < -0.4 is 15.0 Å². The largest absolute Gasteiger partial charge is 0.490 e. The number of aryl methyl sites for hydroxylation is 1. The number of sulfone groups is 1. The predicted octanol–water partition coefficient (Wildman–Crippen LogP) is 2.22. The second kappa shape index (κ2) is 9.42. The average Bonchev–Trinajstić information content (AvgIpc) is 3.53. The lowest BCUT2D eigenvalue weighted by Gasteiger charge is -2.15. The van der Waals surface area contributed by atoms with Crippen molar-refractivity contribution in [3.63, 3.8) is 0 Å². The van der Waals surface area contributed by atoms with Crippen molar-refractivity contribution in [3.8, 4) is 5.75 Å². The van der Waals surface area contributed by atoms with Gasteiger partial charge >= 0.3 is 6.03 Å². The molecule has 2 aromatic rings. The third-order valence-corrected chi connectivity index (χ3v) is 7.44. The van der Waals surface area contributed by atoms with Gasteiger partial charge in [0.05, 0.1) is 18.1 Å². The predicted molar refractivity (Wildman–Crippen MR) is 118 cm³/mol. The highest BCUT2D eigenvalue weighted by Gasteiger charge is 2.30. The number of anilines is 1. The van der Waals surface area contributed by atoms with Crippen LogP contribution in [0.25, 0.3) is 0 Å². The highest BCUT2D eigenvalue weighted by molar-refractivity contribution is 7.91. The van der Waals surface area contributed by atoms with Crippen molar-refractivity contribution >= 4 is 27.7 Å². The summed E-state index contributed by atoms with van der Waals surface area (Å²) in [5.41, 5.74) is 1.14. The Labute approximate surface area is 191 Å². The zero-order valence-electron chi connectivity index (χ0n) is 18.2. The molecule has 1 aliphatic carbocycles. The number of benzene rings is 1. The van der Waals surface area contributed by atoms with E-state index in [2.05, 4.69) is 15.3 Å². The monoisotopic (exact) mass is 476 g/mol. The van der Waals surface area contributed by atoms with Gasteiger partial charge in [-0.05, 0) is 48.4 Å². The number of imide groups is 1. The minimum atomic E-state index is -3.46. The van der Waals surface area contributed by atoms with Gasteiger partial charge in [-0.25, -0.2) is 27.6 Å². The van der Waals surface area contributed by atoms with Crippen molar-refractivity contribution in [2.24, 2.45) is 5.92 Å². The normalized spacial score (nSPS) is 17.2. The Morgan fingerprint density at radius 2 is 2.06 bits per heavy atom. The topological polar surface area (TPSA) is 119 Å². The maximum Gasteiger partial charge on any atom is 0.331 e. The van der Waals surface area contributed by atoms with Gasteiger partial charge in [-0.2, -0.15) is 0 Å². The minimum Gasteiger partial charge on any atom is -0.490 e. The Balaban J connectivity index is 1.36. The molecule has 1 aliphatic heterocycles. The summed E-state index contributed by atoms with van der Waals surface area (Å²) in [5, 5.41) is 2.14. The number of urea groups is 1. The van der Waals surface area contributed by atoms with E-state index in [0.717, 1.165) is 17.7 Å². The van der Waals surface area contributed by atoms with Crippen LogP contribution in [0.3, 0.4) is 0 Å². The standard InChI is InChI=1S/C22H25FN4O5S/c1-14(16-4-5-18(23)19(10-16)32-12-15-2-3-15)13-33(30,31)9-7-17-6-8-24-21(25-17)27-11-20(28)26-22(27)29/h4-6,8,10,14-15H,2-3,7,9,11-13H2,1H3,(H,26,28,29)/t14-/m0/s1. The van der Waals surface area contributed by atoms with Gasteiger partial charge in [-0.3, -0.25) is 15.0 Å². The summed E-state index contributed by atoms with van der Waals surface area (Å²) in [7, 11) is -3.46. The molecule has 1 aromatic heterocycles. The number of aromatic nitrogens is 2. The Bertz CT molecular complexity index is 1170. The van der Waals surface area contributed by atoms with Gasteiger partial charge in [-0.1, -0.05) is 13.0 Å². The lowest BCUT2D eigenvalue weighted by atomic mass is 10.0. The van der Waals surface area contributed by atoms with Gasteiger partial charge in [0.2, 0.25) is 11.9 Å². The molecule has 11 heteroatoms.